The summed E-state index contributed by atoms with van der Waals surface area (Å²) in [7, 11) is 0. The molecule has 0 atom stereocenters. The molecule has 0 unspecified atom stereocenters. The van der Waals surface area contributed by atoms with Crippen molar-refractivity contribution in [3.8, 4) is 22.6 Å². The number of amides is 1. The molecule has 0 aliphatic heterocycles. The molecule has 0 aliphatic carbocycles. The number of carbonyl (C=O) groups is 1. The second-order valence-electron chi connectivity index (χ2n) is 4.38. The Morgan fingerprint density at radius 2 is 2.00 bits per heavy atom. The lowest BCUT2D eigenvalue weighted by molar-refractivity contribution is 0.0996. The van der Waals surface area contributed by atoms with E-state index in [0.717, 1.165) is 22.6 Å². The molecule has 0 fully saturated rings. The molecule has 2 aromatic heterocycles. The van der Waals surface area contributed by atoms with Crippen molar-refractivity contribution in [2.24, 2.45) is 5.73 Å². The Morgan fingerprint density at radius 1 is 1.20 bits per heavy atom. The van der Waals surface area contributed by atoms with E-state index in [4.69, 9.17) is 10.2 Å². The summed E-state index contributed by atoms with van der Waals surface area (Å²) in [6.07, 6.45) is 0. The van der Waals surface area contributed by atoms with E-state index in [-0.39, 0.29) is 5.69 Å². The number of aromatic amines is 1. The van der Waals surface area contributed by atoms with Crippen LogP contribution in [0.3, 0.4) is 0 Å². The second-order valence-corrected chi connectivity index (χ2v) is 4.38. The lowest BCUT2D eigenvalue weighted by atomic mass is 10.1. The van der Waals surface area contributed by atoms with E-state index < -0.39 is 5.91 Å². The van der Waals surface area contributed by atoms with Crippen molar-refractivity contribution in [1.29, 1.82) is 0 Å². The van der Waals surface area contributed by atoms with Gasteiger partial charge in [-0.15, -0.1) is 0 Å². The summed E-state index contributed by atoms with van der Waals surface area (Å²) in [5.41, 5.74) is 7.47. The summed E-state index contributed by atoms with van der Waals surface area (Å²) in [6, 6.07) is 11.3. The van der Waals surface area contributed by atoms with E-state index in [1.165, 1.54) is 0 Å². The highest BCUT2D eigenvalue weighted by Crippen LogP contribution is 2.27. The number of hydrogen-bond donors (Lipinski definition) is 2. The molecular weight excluding hydrogens is 256 g/mol. The average Bonchev–Trinajstić information content (AvgIpc) is 3.07. The zero-order valence-electron chi connectivity index (χ0n) is 10.8. The predicted molar refractivity (Wildman–Crippen MR) is 72.8 cm³/mol. The first-order chi connectivity index (χ1) is 9.65. The van der Waals surface area contributed by atoms with E-state index in [9.17, 15) is 4.79 Å². The summed E-state index contributed by atoms with van der Waals surface area (Å²) in [4.78, 5) is 11.3. The standard InChI is InChI=1S/C14H12N4O2/c1-8-5-6-11(20-8)9-3-2-4-10(7-9)12-13(14(15)19)17-18-16-12/h2-7H,1H3,(H2,15,19)(H,16,17,18). The normalized spacial score (nSPS) is 10.7. The monoisotopic (exact) mass is 268 g/mol. The van der Waals surface area contributed by atoms with Crippen molar-refractivity contribution >= 4 is 5.91 Å². The van der Waals surface area contributed by atoms with Crippen LogP contribution in [0, 0.1) is 6.92 Å². The largest absolute Gasteiger partial charge is 0.461 e. The molecule has 1 amide bonds. The van der Waals surface area contributed by atoms with Gasteiger partial charge in [0.15, 0.2) is 5.69 Å². The third-order valence-electron chi connectivity index (χ3n) is 2.94. The summed E-state index contributed by atoms with van der Waals surface area (Å²) < 4.78 is 5.58. The minimum Gasteiger partial charge on any atom is -0.461 e. The number of aryl methyl sites for hydroxylation is 1. The first-order valence-electron chi connectivity index (χ1n) is 6.03. The van der Waals surface area contributed by atoms with Crippen LogP contribution in [-0.2, 0) is 0 Å². The number of H-pyrrole nitrogens is 1. The maximum atomic E-state index is 11.3. The molecule has 0 aliphatic rings. The number of hydrogen-bond acceptors (Lipinski definition) is 4. The lowest BCUT2D eigenvalue weighted by Gasteiger charge is -2.01. The summed E-state index contributed by atoms with van der Waals surface area (Å²) in [5, 5.41) is 10.2. The van der Waals surface area contributed by atoms with Crippen molar-refractivity contribution in [1.82, 2.24) is 15.4 Å². The molecule has 0 bridgehead atoms. The van der Waals surface area contributed by atoms with Gasteiger partial charge in [-0.1, -0.05) is 18.2 Å². The Kier molecular flexibility index (Phi) is 2.83. The number of nitrogens with two attached hydrogens (primary N) is 1. The van der Waals surface area contributed by atoms with Crippen LogP contribution in [0.15, 0.2) is 40.8 Å². The van der Waals surface area contributed by atoms with Crippen LogP contribution in [0.4, 0.5) is 0 Å². The van der Waals surface area contributed by atoms with Gasteiger partial charge in [0.25, 0.3) is 5.91 Å². The Bertz CT molecular complexity index is 773. The maximum absolute atomic E-state index is 11.3. The van der Waals surface area contributed by atoms with E-state index in [0.29, 0.717) is 5.69 Å². The molecule has 3 aromatic rings. The fourth-order valence-electron chi connectivity index (χ4n) is 2.01. The van der Waals surface area contributed by atoms with Gasteiger partial charge in [-0.05, 0) is 25.1 Å². The quantitative estimate of drug-likeness (QED) is 0.760. The molecule has 20 heavy (non-hydrogen) atoms. The lowest BCUT2D eigenvalue weighted by Crippen LogP contribution is -2.12. The fraction of sp³-hybridized carbons (Fsp3) is 0.0714. The third kappa shape index (κ3) is 2.07. The molecule has 2 heterocycles. The van der Waals surface area contributed by atoms with Crippen LogP contribution in [0.5, 0.6) is 0 Å². The summed E-state index contributed by atoms with van der Waals surface area (Å²) in [5.74, 6) is 0.978. The highest BCUT2D eigenvalue weighted by molar-refractivity contribution is 5.96. The number of rotatable bonds is 3. The molecule has 0 saturated heterocycles. The van der Waals surface area contributed by atoms with Crippen molar-refractivity contribution < 1.29 is 9.21 Å². The van der Waals surface area contributed by atoms with Gasteiger partial charge >= 0.3 is 0 Å². The predicted octanol–water partition coefficient (Wildman–Crippen LogP) is 2.14. The third-order valence-corrected chi connectivity index (χ3v) is 2.94. The molecule has 0 saturated carbocycles. The van der Waals surface area contributed by atoms with Crippen LogP contribution in [0.2, 0.25) is 0 Å². The Balaban J connectivity index is 2.07. The molecule has 6 nitrogen and oxygen atoms in total. The van der Waals surface area contributed by atoms with Gasteiger partial charge in [-0.3, -0.25) is 4.79 Å². The number of carbonyl (C=O) groups excluding carboxylic acids is 1. The number of furan rings is 1. The number of nitrogens with one attached hydrogen (secondary N) is 1. The first-order valence-corrected chi connectivity index (χ1v) is 6.03. The van der Waals surface area contributed by atoms with Gasteiger partial charge in [-0.25, -0.2) is 0 Å². The minimum absolute atomic E-state index is 0.123. The van der Waals surface area contributed by atoms with Crippen molar-refractivity contribution in [3.63, 3.8) is 0 Å². The Labute approximate surface area is 114 Å². The SMILES string of the molecule is Cc1ccc(-c2cccc(-c3n[nH]nc3C(N)=O)c2)o1. The Hall–Kier alpha value is -2.89. The van der Waals surface area contributed by atoms with Crippen LogP contribution >= 0.6 is 0 Å². The zero-order valence-corrected chi connectivity index (χ0v) is 10.8. The number of primary amides is 1. The van der Waals surface area contributed by atoms with Gasteiger partial charge in [0.1, 0.15) is 17.2 Å². The molecule has 3 N–H and O–H groups in total. The van der Waals surface area contributed by atoms with Crippen molar-refractivity contribution in [3.05, 3.63) is 47.9 Å². The first kappa shape index (κ1) is 12.2. The van der Waals surface area contributed by atoms with E-state index >= 15 is 0 Å². The number of aromatic nitrogens is 3. The molecule has 100 valence electrons. The second kappa shape index (κ2) is 4.65. The van der Waals surface area contributed by atoms with Gasteiger partial charge < -0.3 is 10.2 Å². The molecule has 6 heteroatoms. The van der Waals surface area contributed by atoms with Crippen LogP contribution in [-0.4, -0.2) is 21.3 Å². The molecule has 1 aromatic carbocycles. The van der Waals surface area contributed by atoms with Gasteiger partial charge in [0.05, 0.1) is 0 Å². The smallest absolute Gasteiger partial charge is 0.271 e. The average molecular weight is 268 g/mol. The topological polar surface area (TPSA) is 97.8 Å². The van der Waals surface area contributed by atoms with Gasteiger partial charge in [-0.2, -0.15) is 15.4 Å². The van der Waals surface area contributed by atoms with Crippen molar-refractivity contribution in [2.45, 2.75) is 6.92 Å². The Morgan fingerprint density at radius 3 is 2.70 bits per heavy atom. The van der Waals surface area contributed by atoms with E-state index in [2.05, 4.69) is 15.4 Å². The van der Waals surface area contributed by atoms with Crippen LogP contribution in [0.25, 0.3) is 22.6 Å². The van der Waals surface area contributed by atoms with Crippen LogP contribution in [0.1, 0.15) is 16.2 Å². The minimum atomic E-state index is -0.618. The van der Waals surface area contributed by atoms with Gasteiger partial charge in [0, 0.05) is 11.1 Å². The highest BCUT2D eigenvalue weighted by Gasteiger charge is 2.15. The zero-order chi connectivity index (χ0) is 14.1. The van der Waals surface area contributed by atoms with Gasteiger partial charge in [0.2, 0.25) is 0 Å². The van der Waals surface area contributed by atoms with E-state index in [1.54, 1.807) is 0 Å². The molecular formula is C14H12N4O2. The number of benzene rings is 1. The fourth-order valence-corrected chi connectivity index (χ4v) is 2.01. The highest BCUT2D eigenvalue weighted by atomic mass is 16.3. The van der Waals surface area contributed by atoms with E-state index in [1.807, 2.05) is 43.3 Å². The maximum Gasteiger partial charge on any atom is 0.271 e. The summed E-state index contributed by atoms with van der Waals surface area (Å²) >= 11 is 0. The van der Waals surface area contributed by atoms with Crippen LogP contribution < -0.4 is 5.73 Å². The van der Waals surface area contributed by atoms with Crippen molar-refractivity contribution in [2.75, 3.05) is 0 Å². The molecule has 0 radical (unpaired) electrons. The molecule has 0 spiro atoms. The molecule has 3 rings (SSSR count). The number of nitrogens with zero attached hydrogens (tertiary/aromatic N) is 2. The summed E-state index contributed by atoms with van der Waals surface area (Å²) in [6.45, 7) is 1.89.